The van der Waals surface area contributed by atoms with Crippen LogP contribution in [0.5, 0.6) is 5.75 Å². The predicted octanol–water partition coefficient (Wildman–Crippen LogP) is 1.16. The predicted molar refractivity (Wildman–Crippen MR) is 86.3 cm³/mol. The summed E-state index contributed by atoms with van der Waals surface area (Å²) in [7, 11) is 0. The molecule has 6 nitrogen and oxygen atoms in total. The maximum Gasteiger partial charge on any atom is 0.123 e. The Kier molecular flexibility index (Phi) is 5.79. The molecule has 0 aliphatic carbocycles. The van der Waals surface area contributed by atoms with Crippen LogP contribution in [0.2, 0.25) is 0 Å². The minimum atomic E-state index is -0.612. The zero-order chi connectivity index (χ0) is 16.8. The lowest BCUT2D eigenvalue weighted by atomic mass is 10.2. The number of aliphatic hydroxyl groups excluding tert-OH is 1. The van der Waals surface area contributed by atoms with Crippen molar-refractivity contribution in [3.63, 3.8) is 0 Å². The molecule has 1 aliphatic rings. The molecule has 0 unspecified atom stereocenters. The first-order chi connectivity index (χ1) is 11.7. The topological polar surface area (TPSA) is 59.8 Å². The third-order valence-electron chi connectivity index (χ3n) is 3.90. The van der Waals surface area contributed by atoms with Crippen molar-refractivity contribution in [1.29, 1.82) is 0 Å². The summed E-state index contributed by atoms with van der Waals surface area (Å²) in [5.74, 6) is 0.244. The molecule has 2 aromatic rings. The normalized spacial score (nSPS) is 20.0. The number of rotatable bonds is 7. The maximum atomic E-state index is 12.8. The summed E-state index contributed by atoms with van der Waals surface area (Å²) in [5, 5.41) is 14.3. The molecule has 3 rings (SSSR count). The maximum absolute atomic E-state index is 12.8. The average molecular weight is 335 g/mol. The Hall–Kier alpha value is -1.96. The molecule has 2 heterocycles. The minimum Gasteiger partial charge on any atom is -0.491 e. The van der Waals surface area contributed by atoms with Crippen LogP contribution in [-0.4, -0.2) is 64.8 Å². The van der Waals surface area contributed by atoms with E-state index in [0.717, 1.165) is 13.1 Å². The molecular formula is C17H22FN3O3. The van der Waals surface area contributed by atoms with E-state index in [2.05, 4.69) is 10.00 Å². The molecule has 1 aliphatic heterocycles. The van der Waals surface area contributed by atoms with Gasteiger partial charge in [0.05, 0.1) is 19.3 Å². The van der Waals surface area contributed by atoms with Gasteiger partial charge in [-0.25, -0.2) is 4.39 Å². The number of β-amino-alcohol motifs (C(OH)–C–C–N with tert-alkyl or cyclic N) is 1. The number of benzene rings is 1. The second kappa shape index (κ2) is 8.23. The van der Waals surface area contributed by atoms with E-state index >= 15 is 0 Å². The van der Waals surface area contributed by atoms with Crippen LogP contribution in [0.25, 0.3) is 0 Å². The summed E-state index contributed by atoms with van der Waals surface area (Å²) >= 11 is 0. The number of hydrogen-bond donors (Lipinski definition) is 1. The van der Waals surface area contributed by atoms with Gasteiger partial charge in [0.2, 0.25) is 0 Å². The van der Waals surface area contributed by atoms with Crippen LogP contribution in [-0.2, 0) is 11.3 Å². The molecule has 1 fully saturated rings. The van der Waals surface area contributed by atoms with Crippen molar-refractivity contribution in [2.24, 2.45) is 0 Å². The summed E-state index contributed by atoms with van der Waals surface area (Å²) in [6, 6.07) is 7.66. The second-order valence-corrected chi connectivity index (χ2v) is 5.90. The molecule has 7 heteroatoms. The standard InChI is InChI=1S/C17H22FN3O3/c18-14-2-4-16(5-3-14)24-13-15(22)10-20-8-9-23-17(11-20)12-21-7-1-6-19-21/h1-7,15,17,22H,8-13H2/t15-,17+/m0/s1. The van der Waals surface area contributed by atoms with Crippen LogP contribution >= 0.6 is 0 Å². The fourth-order valence-electron chi connectivity index (χ4n) is 2.75. The molecule has 0 radical (unpaired) electrons. The van der Waals surface area contributed by atoms with Crippen LogP contribution in [0, 0.1) is 5.82 Å². The van der Waals surface area contributed by atoms with Gasteiger partial charge in [-0.1, -0.05) is 0 Å². The van der Waals surface area contributed by atoms with Gasteiger partial charge < -0.3 is 14.6 Å². The summed E-state index contributed by atoms with van der Waals surface area (Å²) in [6.07, 6.45) is 3.10. The number of aliphatic hydroxyl groups is 1. The van der Waals surface area contributed by atoms with Gasteiger partial charge in [0.1, 0.15) is 24.3 Å². The Labute approximate surface area is 140 Å². The van der Waals surface area contributed by atoms with Crippen molar-refractivity contribution < 1.29 is 19.0 Å². The highest BCUT2D eigenvalue weighted by Crippen LogP contribution is 2.12. The molecule has 1 saturated heterocycles. The third-order valence-corrected chi connectivity index (χ3v) is 3.90. The lowest BCUT2D eigenvalue weighted by Gasteiger charge is -2.33. The molecule has 0 spiro atoms. The molecule has 2 atom stereocenters. The van der Waals surface area contributed by atoms with Crippen molar-refractivity contribution >= 4 is 0 Å². The number of halogens is 1. The van der Waals surface area contributed by atoms with Crippen LogP contribution in [0.15, 0.2) is 42.7 Å². The lowest BCUT2D eigenvalue weighted by Crippen LogP contribution is -2.47. The molecule has 1 aromatic carbocycles. The van der Waals surface area contributed by atoms with Gasteiger partial charge in [-0.3, -0.25) is 9.58 Å². The average Bonchev–Trinajstić information content (AvgIpc) is 3.08. The number of nitrogens with zero attached hydrogens (tertiary/aromatic N) is 3. The fraction of sp³-hybridized carbons (Fsp3) is 0.471. The molecule has 0 amide bonds. The van der Waals surface area contributed by atoms with E-state index in [1.807, 2.05) is 16.9 Å². The van der Waals surface area contributed by atoms with Crippen LogP contribution in [0.1, 0.15) is 0 Å². The van der Waals surface area contributed by atoms with E-state index in [4.69, 9.17) is 9.47 Å². The summed E-state index contributed by atoms with van der Waals surface area (Å²) < 4.78 is 25.9. The van der Waals surface area contributed by atoms with Crippen molar-refractivity contribution in [3.8, 4) is 5.75 Å². The van der Waals surface area contributed by atoms with Crippen molar-refractivity contribution in [1.82, 2.24) is 14.7 Å². The van der Waals surface area contributed by atoms with E-state index in [9.17, 15) is 9.50 Å². The highest BCUT2D eigenvalue weighted by atomic mass is 19.1. The van der Waals surface area contributed by atoms with Crippen LogP contribution in [0.3, 0.4) is 0 Å². The highest BCUT2D eigenvalue weighted by molar-refractivity contribution is 5.22. The molecule has 1 aromatic heterocycles. The van der Waals surface area contributed by atoms with E-state index < -0.39 is 6.10 Å². The van der Waals surface area contributed by atoms with Crippen LogP contribution < -0.4 is 4.74 Å². The first-order valence-electron chi connectivity index (χ1n) is 8.07. The summed E-state index contributed by atoms with van der Waals surface area (Å²) in [4.78, 5) is 2.16. The Bertz CT molecular complexity index is 606. The molecule has 0 bridgehead atoms. The zero-order valence-corrected chi connectivity index (χ0v) is 13.4. The van der Waals surface area contributed by atoms with Crippen molar-refractivity contribution in [2.45, 2.75) is 18.8 Å². The number of ether oxygens (including phenoxy) is 2. The number of aromatic nitrogens is 2. The smallest absolute Gasteiger partial charge is 0.123 e. The van der Waals surface area contributed by atoms with E-state index in [-0.39, 0.29) is 18.5 Å². The van der Waals surface area contributed by atoms with Crippen molar-refractivity contribution in [3.05, 3.63) is 48.5 Å². The quantitative estimate of drug-likeness (QED) is 0.823. The Morgan fingerprint density at radius 2 is 2.21 bits per heavy atom. The van der Waals surface area contributed by atoms with Gasteiger partial charge >= 0.3 is 0 Å². The van der Waals surface area contributed by atoms with E-state index in [1.165, 1.54) is 12.1 Å². The van der Waals surface area contributed by atoms with Gasteiger partial charge in [0.15, 0.2) is 0 Å². The SMILES string of the molecule is O[C@H](COc1ccc(F)cc1)CN1CCO[C@@H](Cn2cccn2)C1. The highest BCUT2D eigenvalue weighted by Gasteiger charge is 2.23. The van der Waals surface area contributed by atoms with Gasteiger partial charge in [0, 0.05) is 32.0 Å². The van der Waals surface area contributed by atoms with E-state index in [0.29, 0.717) is 25.4 Å². The minimum absolute atomic E-state index is 0.0591. The van der Waals surface area contributed by atoms with Gasteiger partial charge in [-0.05, 0) is 30.3 Å². The molecule has 0 saturated carbocycles. The van der Waals surface area contributed by atoms with Crippen LogP contribution in [0.4, 0.5) is 4.39 Å². The lowest BCUT2D eigenvalue weighted by molar-refractivity contribution is -0.0517. The fourth-order valence-corrected chi connectivity index (χ4v) is 2.75. The first-order valence-corrected chi connectivity index (χ1v) is 8.07. The molecule has 24 heavy (non-hydrogen) atoms. The molecular weight excluding hydrogens is 313 g/mol. The Morgan fingerprint density at radius 3 is 2.96 bits per heavy atom. The second-order valence-electron chi connectivity index (χ2n) is 5.90. The first kappa shape index (κ1) is 16.9. The zero-order valence-electron chi connectivity index (χ0n) is 13.4. The molecule has 1 N–H and O–H groups in total. The number of morpholine rings is 1. The van der Waals surface area contributed by atoms with Gasteiger partial charge in [0.25, 0.3) is 0 Å². The van der Waals surface area contributed by atoms with Gasteiger partial charge in [-0.15, -0.1) is 0 Å². The Balaban J connectivity index is 1.41. The monoisotopic (exact) mass is 335 g/mol. The number of hydrogen-bond acceptors (Lipinski definition) is 5. The summed E-state index contributed by atoms with van der Waals surface area (Å²) in [6.45, 7) is 3.55. The van der Waals surface area contributed by atoms with Crippen molar-refractivity contribution in [2.75, 3.05) is 32.8 Å². The summed E-state index contributed by atoms with van der Waals surface area (Å²) in [5.41, 5.74) is 0. The van der Waals surface area contributed by atoms with E-state index in [1.54, 1.807) is 18.3 Å². The third kappa shape index (κ3) is 5.02. The van der Waals surface area contributed by atoms with Gasteiger partial charge in [-0.2, -0.15) is 5.10 Å². The molecule has 130 valence electrons. The largest absolute Gasteiger partial charge is 0.491 e. The Morgan fingerprint density at radius 1 is 1.38 bits per heavy atom.